The minimum Gasteiger partial charge on any atom is -0.495 e. The molecule has 0 saturated heterocycles. The van der Waals surface area contributed by atoms with Crippen LogP contribution in [0.5, 0.6) is 5.75 Å². The Kier molecular flexibility index (Phi) is 7.62. The van der Waals surface area contributed by atoms with Gasteiger partial charge in [-0.1, -0.05) is 6.07 Å². The van der Waals surface area contributed by atoms with Crippen molar-refractivity contribution in [1.29, 1.82) is 0 Å². The summed E-state index contributed by atoms with van der Waals surface area (Å²) in [4.78, 5) is 24.5. The molecule has 0 saturated carbocycles. The van der Waals surface area contributed by atoms with Gasteiger partial charge >= 0.3 is 5.97 Å². The Hall–Kier alpha value is -2.71. The minimum absolute atomic E-state index is 0.0323. The van der Waals surface area contributed by atoms with E-state index >= 15 is 0 Å². The van der Waals surface area contributed by atoms with Crippen molar-refractivity contribution in [3.8, 4) is 5.75 Å². The van der Waals surface area contributed by atoms with Crippen molar-refractivity contribution in [1.82, 2.24) is 4.72 Å². The van der Waals surface area contributed by atoms with E-state index in [1.165, 1.54) is 32.2 Å². The third-order valence-corrected chi connectivity index (χ3v) is 6.59. The number of benzene rings is 2. The molecule has 31 heavy (non-hydrogen) atoms. The van der Waals surface area contributed by atoms with Gasteiger partial charge in [-0.25, -0.2) is 17.9 Å². The van der Waals surface area contributed by atoms with E-state index in [1.807, 2.05) is 26.8 Å². The molecule has 0 aliphatic rings. The van der Waals surface area contributed by atoms with Crippen LogP contribution in [0.15, 0.2) is 29.2 Å². The quantitative estimate of drug-likeness (QED) is 0.487. The van der Waals surface area contributed by atoms with Gasteiger partial charge in [0.05, 0.1) is 12.7 Å². The lowest BCUT2D eigenvalue weighted by molar-refractivity contribution is 0.0471. The second kappa shape index (κ2) is 9.62. The lowest BCUT2D eigenvalue weighted by atomic mass is 9.92. The third-order valence-electron chi connectivity index (χ3n) is 4.91. The van der Waals surface area contributed by atoms with Crippen molar-refractivity contribution >= 4 is 21.8 Å². The summed E-state index contributed by atoms with van der Waals surface area (Å²) in [6, 6.07) is 5.67. The highest BCUT2D eigenvalue weighted by molar-refractivity contribution is 7.89. The van der Waals surface area contributed by atoms with E-state index in [0.29, 0.717) is 5.56 Å². The first-order valence-corrected chi connectivity index (χ1v) is 11.4. The number of Topliss-reactive ketones (excluding diaryl/α,β-unsaturated/α-hetero) is 1. The maximum atomic E-state index is 12.7. The molecule has 0 radical (unpaired) electrons. The number of ether oxygens (including phenoxy) is 2. The number of hydrogen-bond donors (Lipinski definition) is 1. The first-order valence-electron chi connectivity index (χ1n) is 9.87. The molecule has 2 rings (SSSR count). The summed E-state index contributed by atoms with van der Waals surface area (Å²) in [6.07, 6.45) is 0. The maximum absolute atomic E-state index is 12.7. The fourth-order valence-electron chi connectivity index (χ4n) is 3.60. The number of sulfonamides is 1. The average Bonchev–Trinajstić information content (AvgIpc) is 2.65. The monoisotopic (exact) mass is 447 g/mol. The number of aryl methyl sites for hydroxylation is 2. The van der Waals surface area contributed by atoms with Crippen LogP contribution in [0.2, 0.25) is 0 Å². The van der Waals surface area contributed by atoms with Crippen LogP contribution in [0.3, 0.4) is 0 Å². The predicted molar refractivity (Wildman–Crippen MR) is 118 cm³/mol. The number of nitrogens with one attached hydrogen (secondary N) is 1. The van der Waals surface area contributed by atoms with E-state index in [-0.39, 0.29) is 34.6 Å². The molecule has 0 atom stereocenters. The summed E-state index contributed by atoms with van der Waals surface area (Å²) in [5.74, 6) is -0.598. The lowest BCUT2D eigenvalue weighted by Gasteiger charge is -2.16. The number of hydrogen-bond acceptors (Lipinski definition) is 6. The van der Waals surface area contributed by atoms with Crippen LogP contribution in [0.25, 0.3) is 0 Å². The van der Waals surface area contributed by atoms with Crippen molar-refractivity contribution in [2.75, 3.05) is 7.11 Å². The van der Waals surface area contributed by atoms with Crippen LogP contribution < -0.4 is 9.46 Å². The number of carbonyl (C=O) groups is 2. The molecule has 0 aliphatic heterocycles. The fourth-order valence-corrected chi connectivity index (χ4v) is 5.04. The van der Waals surface area contributed by atoms with Crippen molar-refractivity contribution in [3.05, 3.63) is 57.6 Å². The second-order valence-electron chi connectivity index (χ2n) is 7.76. The van der Waals surface area contributed by atoms with E-state index in [2.05, 4.69) is 4.72 Å². The van der Waals surface area contributed by atoms with Crippen molar-refractivity contribution < 1.29 is 27.5 Å². The SMILES string of the molecule is COc1ccc(C(=O)OCc2c(C)cc(C)c(C(C)=O)c2C)cc1S(=O)(=O)NC(C)C. The number of rotatable bonds is 8. The molecule has 0 amide bonds. The Morgan fingerprint density at radius 3 is 2.26 bits per heavy atom. The molecule has 0 unspecified atom stereocenters. The first-order chi connectivity index (χ1) is 14.4. The summed E-state index contributed by atoms with van der Waals surface area (Å²) < 4.78 is 38.3. The molecular formula is C23H29NO6S. The fraction of sp³-hybridized carbons (Fsp3) is 0.391. The molecular weight excluding hydrogens is 418 g/mol. The van der Waals surface area contributed by atoms with Gasteiger partial charge in [-0.2, -0.15) is 0 Å². The van der Waals surface area contributed by atoms with Crippen LogP contribution in [0.4, 0.5) is 0 Å². The van der Waals surface area contributed by atoms with Gasteiger partial charge in [0.2, 0.25) is 10.0 Å². The Balaban J connectivity index is 2.35. The summed E-state index contributed by atoms with van der Waals surface area (Å²) in [5, 5.41) is 0. The van der Waals surface area contributed by atoms with Crippen LogP contribution in [-0.2, 0) is 21.4 Å². The summed E-state index contributed by atoms with van der Waals surface area (Å²) >= 11 is 0. The normalized spacial score (nSPS) is 11.5. The molecule has 0 bridgehead atoms. The molecule has 7 nitrogen and oxygen atoms in total. The van der Waals surface area contributed by atoms with Gasteiger partial charge in [0.25, 0.3) is 0 Å². The molecule has 0 aliphatic carbocycles. The van der Waals surface area contributed by atoms with Crippen LogP contribution >= 0.6 is 0 Å². The first kappa shape index (κ1) is 24.6. The van der Waals surface area contributed by atoms with Crippen molar-refractivity contribution in [3.63, 3.8) is 0 Å². The van der Waals surface area contributed by atoms with Gasteiger partial charge in [-0.05, 0) is 82.0 Å². The number of esters is 1. The highest BCUT2D eigenvalue weighted by atomic mass is 32.2. The average molecular weight is 448 g/mol. The summed E-state index contributed by atoms with van der Waals surface area (Å²) in [5.41, 5.74) is 4.02. The topological polar surface area (TPSA) is 98.8 Å². The van der Waals surface area contributed by atoms with Crippen LogP contribution in [0, 0.1) is 20.8 Å². The summed E-state index contributed by atoms with van der Waals surface area (Å²) in [6.45, 7) is 10.5. The van der Waals surface area contributed by atoms with Gasteiger partial charge in [-0.3, -0.25) is 4.79 Å². The smallest absolute Gasteiger partial charge is 0.338 e. The second-order valence-corrected chi connectivity index (χ2v) is 9.45. The predicted octanol–water partition coefficient (Wildman–Crippen LogP) is 3.87. The lowest BCUT2D eigenvalue weighted by Crippen LogP contribution is -2.30. The van der Waals surface area contributed by atoms with Gasteiger partial charge in [0.15, 0.2) is 5.78 Å². The largest absolute Gasteiger partial charge is 0.495 e. The number of ketones is 1. The van der Waals surface area contributed by atoms with E-state index in [0.717, 1.165) is 22.3 Å². The molecule has 0 spiro atoms. The molecule has 0 fully saturated rings. The van der Waals surface area contributed by atoms with Crippen LogP contribution in [-0.4, -0.2) is 33.3 Å². The zero-order chi connectivity index (χ0) is 23.5. The molecule has 168 valence electrons. The Morgan fingerprint density at radius 1 is 1.06 bits per heavy atom. The highest BCUT2D eigenvalue weighted by Crippen LogP contribution is 2.27. The molecule has 0 aromatic heterocycles. The minimum atomic E-state index is -3.88. The van der Waals surface area contributed by atoms with Crippen molar-refractivity contribution in [2.24, 2.45) is 0 Å². The Bertz CT molecular complexity index is 1120. The maximum Gasteiger partial charge on any atom is 0.338 e. The van der Waals surface area contributed by atoms with Crippen molar-refractivity contribution in [2.45, 2.75) is 59.1 Å². The van der Waals surface area contributed by atoms with E-state index in [1.54, 1.807) is 13.8 Å². The molecule has 8 heteroatoms. The Morgan fingerprint density at radius 2 is 1.71 bits per heavy atom. The standard InChI is InChI=1S/C23H29NO6S/c1-13(2)24-31(27,28)21-11-18(8-9-20(21)29-7)23(26)30-12-19-14(3)10-15(4)22(16(19)5)17(6)25/h8-11,13,24H,12H2,1-7H3. The number of carbonyl (C=O) groups excluding carboxylic acids is 2. The molecule has 0 heterocycles. The highest BCUT2D eigenvalue weighted by Gasteiger charge is 2.23. The van der Waals surface area contributed by atoms with Gasteiger partial charge in [-0.15, -0.1) is 0 Å². The van der Waals surface area contributed by atoms with E-state index in [9.17, 15) is 18.0 Å². The van der Waals surface area contributed by atoms with Gasteiger partial charge < -0.3 is 9.47 Å². The number of methoxy groups -OCH3 is 1. The Labute approximate surface area is 183 Å². The van der Waals surface area contributed by atoms with Gasteiger partial charge in [0.1, 0.15) is 17.3 Å². The van der Waals surface area contributed by atoms with E-state index < -0.39 is 16.0 Å². The molecule has 2 aromatic rings. The van der Waals surface area contributed by atoms with Crippen LogP contribution in [0.1, 0.15) is 63.7 Å². The molecule has 1 N–H and O–H groups in total. The van der Waals surface area contributed by atoms with Gasteiger partial charge in [0, 0.05) is 11.6 Å². The van der Waals surface area contributed by atoms with E-state index in [4.69, 9.17) is 9.47 Å². The molecule has 2 aromatic carbocycles. The zero-order valence-corrected chi connectivity index (χ0v) is 19.8. The third kappa shape index (κ3) is 5.51. The zero-order valence-electron chi connectivity index (χ0n) is 19.0. The summed E-state index contributed by atoms with van der Waals surface area (Å²) in [7, 11) is -2.52.